The van der Waals surface area contributed by atoms with Crippen molar-refractivity contribution < 1.29 is 14.3 Å². The molecule has 6 heteroatoms. The maximum absolute atomic E-state index is 12.8. The first-order valence-electron chi connectivity index (χ1n) is 9.08. The number of halogens is 1. The zero-order chi connectivity index (χ0) is 19.2. The van der Waals surface area contributed by atoms with Gasteiger partial charge in [0, 0.05) is 24.2 Å². The number of nitrogens with zero attached hydrogens (tertiary/aromatic N) is 1. The SMILES string of the molecule is COc1ccc(NC(=O)[C@H]2CCCN(Cc3ccc(Cl)cc3)C2)c(OC)c1. The summed E-state index contributed by atoms with van der Waals surface area (Å²) in [5.74, 6) is 1.27. The van der Waals surface area contributed by atoms with E-state index in [0.29, 0.717) is 17.2 Å². The van der Waals surface area contributed by atoms with Crippen LogP contribution in [-0.2, 0) is 11.3 Å². The number of hydrogen-bond acceptors (Lipinski definition) is 4. The highest BCUT2D eigenvalue weighted by Crippen LogP contribution is 2.30. The summed E-state index contributed by atoms with van der Waals surface area (Å²) in [4.78, 5) is 15.1. The Morgan fingerprint density at radius 2 is 1.96 bits per heavy atom. The van der Waals surface area contributed by atoms with Gasteiger partial charge in [-0.2, -0.15) is 0 Å². The van der Waals surface area contributed by atoms with Gasteiger partial charge in [-0.15, -0.1) is 0 Å². The van der Waals surface area contributed by atoms with E-state index in [2.05, 4.69) is 10.2 Å². The number of amides is 1. The molecule has 1 aliphatic heterocycles. The highest BCUT2D eigenvalue weighted by molar-refractivity contribution is 6.30. The average molecular weight is 389 g/mol. The van der Waals surface area contributed by atoms with Gasteiger partial charge in [-0.05, 0) is 49.2 Å². The first-order chi connectivity index (χ1) is 13.1. The highest BCUT2D eigenvalue weighted by atomic mass is 35.5. The molecule has 0 radical (unpaired) electrons. The third-order valence-corrected chi connectivity index (χ3v) is 5.11. The predicted molar refractivity (Wildman–Crippen MR) is 108 cm³/mol. The van der Waals surface area contributed by atoms with E-state index >= 15 is 0 Å². The van der Waals surface area contributed by atoms with Crippen LogP contribution in [0.15, 0.2) is 42.5 Å². The lowest BCUT2D eigenvalue weighted by molar-refractivity contribution is -0.121. The molecule has 1 heterocycles. The minimum Gasteiger partial charge on any atom is -0.497 e. The van der Waals surface area contributed by atoms with E-state index in [1.807, 2.05) is 36.4 Å². The van der Waals surface area contributed by atoms with Crippen molar-refractivity contribution in [3.05, 3.63) is 53.1 Å². The van der Waals surface area contributed by atoms with Gasteiger partial charge in [0.1, 0.15) is 11.5 Å². The number of anilines is 1. The van der Waals surface area contributed by atoms with Crippen LogP contribution in [0.5, 0.6) is 11.5 Å². The topological polar surface area (TPSA) is 50.8 Å². The molecule has 1 aliphatic rings. The molecule has 1 fully saturated rings. The number of carbonyl (C=O) groups is 1. The third kappa shape index (κ3) is 5.15. The van der Waals surface area contributed by atoms with Gasteiger partial charge < -0.3 is 14.8 Å². The number of piperidine rings is 1. The summed E-state index contributed by atoms with van der Waals surface area (Å²) < 4.78 is 10.6. The molecule has 0 spiro atoms. The van der Waals surface area contributed by atoms with Crippen LogP contribution >= 0.6 is 11.6 Å². The van der Waals surface area contributed by atoms with Crippen molar-refractivity contribution in [2.75, 3.05) is 32.6 Å². The molecule has 5 nitrogen and oxygen atoms in total. The summed E-state index contributed by atoms with van der Waals surface area (Å²) in [6.45, 7) is 2.57. The monoisotopic (exact) mass is 388 g/mol. The molecule has 1 N–H and O–H groups in total. The second kappa shape index (κ2) is 9.11. The number of methoxy groups -OCH3 is 2. The lowest BCUT2D eigenvalue weighted by Crippen LogP contribution is -2.40. The Kier molecular flexibility index (Phi) is 6.58. The zero-order valence-corrected chi connectivity index (χ0v) is 16.5. The van der Waals surface area contributed by atoms with Gasteiger partial charge in [-0.1, -0.05) is 23.7 Å². The molecule has 0 aliphatic carbocycles. The van der Waals surface area contributed by atoms with E-state index in [4.69, 9.17) is 21.1 Å². The van der Waals surface area contributed by atoms with Crippen molar-refractivity contribution in [2.24, 2.45) is 5.92 Å². The van der Waals surface area contributed by atoms with E-state index in [1.165, 1.54) is 5.56 Å². The minimum atomic E-state index is -0.0436. The fourth-order valence-electron chi connectivity index (χ4n) is 3.40. The third-order valence-electron chi connectivity index (χ3n) is 4.86. The van der Waals surface area contributed by atoms with Crippen LogP contribution in [0.3, 0.4) is 0 Å². The van der Waals surface area contributed by atoms with Gasteiger partial charge in [0.2, 0.25) is 5.91 Å². The second-order valence-corrected chi connectivity index (χ2v) is 7.19. The van der Waals surface area contributed by atoms with Crippen molar-refractivity contribution >= 4 is 23.2 Å². The van der Waals surface area contributed by atoms with Crippen molar-refractivity contribution in [2.45, 2.75) is 19.4 Å². The van der Waals surface area contributed by atoms with E-state index in [0.717, 1.165) is 37.5 Å². The number of carbonyl (C=O) groups excluding carboxylic acids is 1. The molecule has 0 saturated carbocycles. The molecule has 2 aromatic rings. The van der Waals surface area contributed by atoms with Crippen molar-refractivity contribution in [3.63, 3.8) is 0 Å². The van der Waals surface area contributed by atoms with E-state index < -0.39 is 0 Å². The van der Waals surface area contributed by atoms with Crippen molar-refractivity contribution in [1.82, 2.24) is 4.90 Å². The number of benzene rings is 2. The van der Waals surface area contributed by atoms with Crippen LogP contribution in [-0.4, -0.2) is 38.1 Å². The van der Waals surface area contributed by atoms with Crippen LogP contribution in [0.25, 0.3) is 0 Å². The summed E-state index contributed by atoms with van der Waals surface area (Å²) in [6.07, 6.45) is 1.90. The summed E-state index contributed by atoms with van der Waals surface area (Å²) in [6, 6.07) is 13.3. The van der Waals surface area contributed by atoms with Crippen LogP contribution in [0.2, 0.25) is 5.02 Å². The Balaban J connectivity index is 1.62. The summed E-state index contributed by atoms with van der Waals surface area (Å²) in [5, 5.41) is 3.75. The fourth-order valence-corrected chi connectivity index (χ4v) is 3.52. The first kappa shape index (κ1) is 19.5. The van der Waals surface area contributed by atoms with E-state index in [1.54, 1.807) is 20.3 Å². The molecule has 0 bridgehead atoms. The lowest BCUT2D eigenvalue weighted by Gasteiger charge is -2.32. The Bertz CT molecular complexity index is 779. The zero-order valence-electron chi connectivity index (χ0n) is 15.7. The van der Waals surface area contributed by atoms with Crippen molar-refractivity contribution in [3.8, 4) is 11.5 Å². The molecule has 0 aromatic heterocycles. The average Bonchev–Trinajstić information content (AvgIpc) is 2.70. The number of ether oxygens (including phenoxy) is 2. The van der Waals surface area contributed by atoms with Gasteiger partial charge in [-0.3, -0.25) is 9.69 Å². The standard InChI is InChI=1S/C21H25ClN2O3/c1-26-18-9-10-19(20(12-18)27-2)23-21(25)16-4-3-11-24(14-16)13-15-5-7-17(22)8-6-15/h5-10,12,16H,3-4,11,13-14H2,1-2H3,(H,23,25)/t16-/m0/s1. The molecular weight excluding hydrogens is 364 g/mol. The summed E-state index contributed by atoms with van der Waals surface area (Å²) in [7, 11) is 3.18. The van der Waals surface area contributed by atoms with Gasteiger partial charge in [-0.25, -0.2) is 0 Å². The number of likely N-dealkylation sites (tertiary alicyclic amines) is 1. The number of nitrogens with one attached hydrogen (secondary N) is 1. The molecular formula is C21H25ClN2O3. The normalized spacial score (nSPS) is 17.4. The fraction of sp³-hybridized carbons (Fsp3) is 0.381. The summed E-state index contributed by atoms with van der Waals surface area (Å²) in [5.41, 5.74) is 1.87. The molecule has 0 unspecified atom stereocenters. The van der Waals surface area contributed by atoms with Crippen LogP contribution in [0, 0.1) is 5.92 Å². The molecule has 1 saturated heterocycles. The summed E-state index contributed by atoms with van der Waals surface area (Å²) >= 11 is 5.96. The van der Waals surface area contributed by atoms with Gasteiger partial charge >= 0.3 is 0 Å². The van der Waals surface area contributed by atoms with E-state index in [-0.39, 0.29) is 11.8 Å². The molecule has 1 amide bonds. The second-order valence-electron chi connectivity index (χ2n) is 6.76. The molecule has 1 atom stereocenters. The lowest BCUT2D eigenvalue weighted by atomic mass is 9.96. The maximum atomic E-state index is 12.8. The maximum Gasteiger partial charge on any atom is 0.228 e. The number of hydrogen-bond donors (Lipinski definition) is 1. The van der Waals surface area contributed by atoms with Gasteiger partial charge in [0.05, 0.1) is 25.8 Å². The Hall–Kier alpha value is -2.24. The van der Waals surface area contributed by atoms with Crippen LogP contribution < -0.4 is 14.8 Å². The smallest absolute Gasteiger partial charge is 0.228 e. The van der Waals surface area contributed by atoms with Gasteiger partial charge in [0.25, 0.3) is 0 Å². The van der Waals surface area contributed by atoms with E-state index in [9.17, 15) is 4.79 Å². The number of rotatable bonds is 6. The quantitative estimate of drug-likeness (QED) is 0.805. The first-order valence-corrected chi connectivity index (χ1v) is 9.46. The van der Waals surface area contributed by atoms with Crippen LogP contribution in [0.4, 0.5) is 5.69 Å². The van der Waals surface area contributed by atoms with Gasteiger partial charge in [0.15, 0.2) is 0 Å². The largest absolute Gasteiger partial charge is 0.497 e. The Morgan fingerprint density at radius 3 is 2.67 bits per heavy atom. The molecule has 144 valence electrons. The highest BCUT2D eigenvalue weighted by Gasteiger charge is 2.26. The Labute approximate surface area is 165 Å². The van der Waals surface area contributed by atoms with Crippen LogP contribution in [0.1, 0.15) is 18.4 Å². The molecule has 27 heavy (non-hydrogen) atoms. The minimum absolute atomic E-state index is 0.0271. The molecule has 3 rings (SSSR count). The Morgan fingerprint density at radius 1 is 1.19 bits per heavy atom. The predicted octanol–water partition coefficient (Wildman–Crippen LogP) is 4.21. The molecule has 2 aromatic carbocycles. The van der Waals surface area contributed by atoms with Crippen molar-refractivity contribution in [1.29, 1.82) is 0 Å².